The van der Waals surface area contributed by atoms with E-state index >= 15 is 0 Å². The van der Waals surface area contributed by atoms with Crippen LogP contribution in [-0.2, 0) is 0 Å². The number of anilines is 1. The summed E-state index contributed by atoms with van der Waals surface area (Å²) in [4.78, 5) is 7.35. The van der Waals surface area contributed by atoms with Gasteiger partial charge in [0.05, 0.1) is 17.8 Å². The molecule has 0 unspecified atom stereocenters. The van der Waals surface area contributed by atoms with Gasteiger partial charge in [0.25, 0.3) is 5.88 Å². The second-order valence-electron chi connectivity index (χ2n) is 3.46. The number of rotatable bonds is 3. The van der Waals surface area contributed by atoms with Crippen LogP contribution in [0.25, 0.3) is 0 Å². The van der Waals surface area contributed by atoms with E-state index in [0.29, 0.717) is 0 Å². The Bertz CT molecular complexity index is 655. The van der Waals surface area contributed by atoms with Crippen molar-refractivity contribution in [2.24, 2.45) is 0 Å². The molecule has 0 amide bonds. The van der Waals surface area contributed by atoms with Crippen molar-refractivity contribution in [2.75, 3.05) is 12.4 Å². The molecular formula is C12H8F2N4O. The smallest absolute Gasteiger partial charge is 0.260 e. The molecule has 0 aliphatic rings. The molecule has 1 N–H and O–H groups in total. The lowest BCUT2D eigenvalue weighted by atomic mass is 10.2. The maximum atomic E-state index is 13.6. The molecule has 1 aromatic heterocycles. The van der Waals surface area contributed by atoms with Crippen molar-refractivity contribution in [3.63, 3.8) is 0 Å². The number of ether oxygens (including phenoxy) is 1. The lowest BCUT2D eigenvalue weighted by Gasteiger charge is -2.07. The summed E-state index contributed by atoms with van der Waals surface area (Å²) < 4.78 is 32.0. The van der Waals surface area contributed by atoms with Gasteiger partial charge in [0.1, 0.15) is 0 Å². The highest BCUT2D eigenvalue weighted by Crippen LogP contribution is 2.25. The Morgan fingerprint density at radius 2 is 2.11 bits per heavy atom. The molecule has 0 fully saturated rings. The minimum absolute atomic E-state index is 0.143. The normalized spacial score (nSPS) is 9.79. The van der Waals surface area contributed by atoms with Gasteiger partial charge in [-0.15, -0.1) is 0 Å². The Labute approximate surface area is 107 Å². The fourth-order valence-electron chi connectivity index (χ4n) is 1.30. The van der Waals surface area contributed by atoms with Crippen LogP contribution < -0.4 is 10.1 Å². The van der Waals surface area contributed by atoms with Crippen molar-refractivity contribution in [3.05, 3.63) is 41.6 Å². The number of hydrogen-bond acceptors (Lipinski definition) is 5. The van der Waals surface area contributed by atoms with Crippen molar-refractivity contribution >= 4 is 5.95 Å². The van der Waals surface area contributed by atoms with Gasteiger partial charge in [0.15, 0.2) is 11.6 Å². The Morgan fingerprint density at radius 1 is 1.32 bits per heavy atom. The van der Waals surface area contributed by atoms with Gasteiger partial charge in [0.2, 0.25) is 11.8 Å². The summed E-state index contributed by atoms with van der Waals surface area (Å²) in [5, 5.41) is 11.2. The van der Waals surface area contributed by atoms with E-state index in [-0.39, 0.29) is 17.3 Å². The number of aromatic nitrogens is 2. The topological polar surface area (TPSA) is 70.8 Å². The van der Waals surface area contributed by atoms with Gasteiger partial charge in [-0.3, -0.25) is 0 Å². The van der Waals surface area contributed by atoms with Crippen LogP contribution in [0.4, 0.5) is 14.7 Å². The molecule has 96 valence electrons. The zero-order valence-corrected chi connectivity index (χ0v) is 9.82. The molecule has 19 heavy (non-hydrogen) atoms. The fourth-order valence-corrected chi connectivity index (χ4v) is 1.30. The van der Waals surface area contributed by atoms with Crippen molar-refractivity contribution in [3.8, 4) is 17.7 Å². The Morgan fingerprint density at radius 3 is 2.74 bits per heavy atom. The van der Waals surface area contributed by atoms with Gasteiger partial charge in [-0.1, -0.05) is 0 Å². The highest BCUT2D eigenvalue weighted by Gasteiger charge is 2.12. The van der Waals surface area contributed by atoms with Crippen LogP contribution in [0.5, 0.6) is 11.6 Å². The van der Waals surface area contributed by atoms with E-state index in [9.17, 15) is 8.78 Å². The third-order valence-corrected chi connectivity index (χ3v) is 2.20. The summed E-state index contributed by atoms with van der Waals surface area (Å²) in [6, 6.07) is 5.36. The van der Waals surface area contributed by atoms with Crippen LogP contribution in [0.3, 0.4) is 0 Å². The number of halogens is 2. The van der Waals surface area contributed by atoms with Crippen LogP contribution in [-0.4, -0.2) is 17.0 Å². The number of nitrogens with zero attached hydrogens (tertiary/aromatic N) is 3. The maximum Gasteiger partial charge on any atom is 0.260 e. The van der Waals surface area contributed by atoms with Crippen LogP contribution in [0.15, 0.2) is 24.4 Å². The molecule has 0 saturated heterocycles. The molecule has 2 rings (SSSR count). The minimum atomic E-state index is -0.817. The molecule has 0 atom stereocenters. The third-order valence-electron chi connectivity index (χ3n) is 2.20. The summed E-state index contributed by atoms with van der Waals surface area (Å²) in [5.74, 6) is -2.07. The van der Waals surface area contributed by atoms with Crippen molar-refractivity contribution < 1.29 is 13.5 Å². The number of nitriles is 1. The van der Waals surface area contributed by atoms with Crippen molar-refractivity contribution in [1.29, 1.82) is 5.26 Å². The standard InChI is InChI=1S/C12H8F2N4O/c1-16-12-17-6-9(14)11(18-12)19-10-3-2-7(5-15)4-8(10)13/h2-4,6H,1H3,(H,16,17,18). The zero-order valence-electron chi connectivity index (χ0n) is 9.82. The Balaban J connectivity index is 2.33. The summed E-state index contributed by atoms with van der Waals surface area (Å²) in [6.45, 7) is 0. The lowest BCUT2D eigenvalue weighted by molar-refractivity contribution is 0.397. The van der Waals surface area contributed by atoms with E-state index in [0.717, 1.165) is 12.3 Å². The van der Waals surface area contributed by atoms with Crippen LogP contribution in [0, 0.1) is 23.0 Å². The quantitative estimate of drug-likeness (QED) is 0.919. The molecule has 7 heteroatoms. The minimum Gasteiger partial charge on any atom is -0.433 e. The largest absolute Gasteiger partial charge is 0.433 e. The molecule has 1 aromatic carbocycles. The molecule has 1 heterocycles. The molecule has 0 saturated carbocycles. The second-order valence-corrected chi connectivity index (χ2v) is 3.46. The first-order chi connectivity index (χ1) is 9.13. The monoisotopic (exact) mass is 262 g/mol. The zero-order chi connectivity index (χ0) is 13.8. The third kappa shape index (κ3) is 2.74. The molecule has 2 aromatic rings. The first kappa shape index (κ1) is 12.7. The fraction of sp³-hybridized carbons (Fsp3) is 0.0833. The van der Waals surface area contributed by atoms with E-state index in [1.165, 1.54) is 12.1 Å². The average molecular weight is 262 g/mol. The van der Waals surface area contributed by atoms with Crippen molar-refractivity contribution in [1.82, 2.24) is 9.97 Å². The lowest BCUT2D eigenvalue weighted by Crippen LogP contribution is -2.01. The average Bonchev–Trinajstić information content (AvgIpc) is 2.43. The molecule has 0 aliphatic carbocycles. The van der Waals surface area contributed by atoms with Crippen LogP contribution in [0.1, 0.15) is 5.56 Å². The van der Waals surface area contributed by atoms with E-state index < -0.39 is 17.5 Å². The Kier molecular flexibility index (Phi) is 3.52. The molecule has 0 spiro atoms. The first-order valence-corrected chi connectivity index (χ1v) is 5.22. The van der Waals surface area contributed by atoms with E-state index in [1.807, 2.05) is 0 Å². The SMILES string of the molecule is CNc1ncc(F)c(Oc2ccc(C#N)cc2F)n1. The highest BCUT2D eigenvalue weighted by molar-refractivity contribution is 5.38. The maximum absolute atomic E-state index is 13.6. The molecular weight excluding hydrogens is 254 g/mol. The molecule has 5 nitrogen and oxygen atoms in total. The van der Waals surface area contributed by atoms with Gasteiger partial charge in [-0.2, -0.15) is 14.6 Å². The van der Waals surface area contributed by atoms with Gasteiger partial charge in [-0.05, 0) is 18.2 Å². The summed E-state index contributed by atoms with van der Waals surface area (Å²) in [7, 11) is 1.55. The predicted molar refractivity (Wildman–Crippen MR) is 62.7 cm³/mol. The van der Waals surface area contributed by atoms with Gasteiger partial charge < -0.3 is 10.1 Å². The number of benzene rings is 1. The molecule has 0 bridgehead atoms. The van der Waals surface area contributed by atoms with Gasteiger partial charge in [0, 0.05) is 7.05 Å². The van der Waals surface area contributed by atoms with Gasteiger partial charge >= 0.3 is 0 Å². The number of nitrogens with one attached hydrogen (secondary N) is 1. The van der Waals surface area contributed by atoms with Crippen molar-refractivity contribution in [2.45, 2.75) is 0 Å². The van der Waals surface area contributed by atoms with E-state index in [4.69, 9.17) is 10.00 Å². The van der Waals surface area contributed by atoms with Crippen LogP contribution >= 0.6 is 0 Å². The number of hydrogen-bond donors (Lipinski definition) is 1. The van der Waals surface area contributed by atoms with Gasteiger partial charge in [-0.25, -0.2) is 9.37 Å². The molecule has 0 radical (unpaired) electrons. The summed E-state index contributed by atoms with van der Waals surface area (Å²) >= 11 is 0. The van der Waals surface area contributed by atoms with E-state index in [2.05, 4.69) is 15.3 Å². The first-order valence-electron chi connectivity index (χ1n) is 5.22. The summed E-state index contributed by atoms with van der Waals surface area (Å²) in [5.41, 5.74) is 0.143. The second kappa shape index (κ2) is 5.27. The molecule has 0 aliphatic heterocycles. The summed E-state index contributed by atoms with van der Waals surface area (Å²) in [6.07, 6.45) is 0.912. The van der Waals surface area contributed by atoms with E-state index in [1.54, 1.807) is 13.1 Å². The Hall–Kier alpha value is -2.75. The van der Waals surface area contributed by atoms with Crippen LogP contribution in [0.2, 0.25) is 0 Å². The predicted octanol–water partition coefficient (Wildman–Crippen LogP) is 2.46. The highest BCUT2D eigenvalue weighted by atomic mass is 19.1.